The molecule has 0 spiro atoms. The van der Waals surface area contributed by atoms with Gasteiger partial charge in [-0.15, -0.1) is 0 Å². The first-order valence-electron chi connectivity index (χ1n) is 13.1. The maximum atomic E-state index is 13.6. The quantitative estimate of drug-likeness (QED) is 0.112. The van der Waals surface area contributed by atoms with Crippen LogP contribution < -0.4 is 22.1 Å². The molecule has 1 aromatic rings. The monoisotopic (exact) mass is 562 g/mol. The van der Waals surface area contributed by atoms with Crippen molar-refractivity contribution in [2.45, 2.75) is 83.5 Å². The molecular formula is C27H42N6O7. The Morgan fingerprint density at radius 1 is 1.18 bits per heavy atom. The van der Waals surface area contributed by atoms with Crippen molar-refractivity contribution in [3.8, 4) is 0 Å². The van der Waals surface area contributed by atoms with Crippen LogP contribution in [0, 0.1) is 0 Å². The second-order valence-electron chi connectivity index (χ2n) is 10.3. The maximum Gasteiger partial charge on any atom is 0.408 e. The number of amides is 3. The van der Waals surface area contributed by atoms with Crippen molar-refractivity contribution in [1.29, 1.82) is 0 Å². The van der Waals surface area contributed by atoms with Gasteiger partial charge in [-0.2, -0.15) is 0 Å². The molecule has 0 unspecified atom stereocenters. The zero-order chi connectivity index (χ0) is 30.3. The van der Waals surface area contributed by atoms with Crippen molar-refractivity contribution in [2.24, 2.45) is 16.5 Å². The SMILES string of the molecule is CC(=O)O.CC(C)(C)OC(=O)N[C@H](Cc1ccccc1)C(=O)N1CCC[C@H]1C(=O)N[C@H](C=O)CCCN=C(N)N. The van der Waals surface area contributed by atoms with Crippen LogP contribution in [0.15, 0.2) is 35.3 Å². The Hall–Kier alpha value is -4.16. The van der Waals surface area contributed by atoms with Crippen molar-refractivity contribution in [3.63, 3.8) is 0 Å². The third-order valence-corrected chi connectivity index (χ3v) is 5.57. The first-order chi connectivity index (χ1) is 18.7. The maximum absolute atomic E-state index is 13.6. The summed E-state index contributed by atoms with van der Waals surface area (Å²) in [7, 11) is 0. The number of aliphatic imine (C=N–C) groups is 1. The highest BCUT2D eigenvalue weighted by Crippen LogP contribution is 2.20. The van der Waals surface area contributed by atoms with Gasteiger partial charge in [0.2, 0.25) is 11.8 Å². The molecule has 3 amide bonds. The number of aldehydes is 1. The number of rotatable bonds is 11. The molecule has 13 nitrogen and oxygen atoms in total. The zero-order valence-corrected chi connectivity index (χ0v) is 23.6. The number of carboxylic acids is 1. The number of nitrogens with two attached hydrogens (primary N) is 2. The number of carbonyl (C=O) groups excluding carboxylic acids is 4. The van der Waals surface area contributed by atoms with Gasteiger partial charge >= 0.3 is 6.09 Å². The minimum absolute atomic E-state index is 0.0353. The van der Waals surface area contributed by atoms with E-state index in [0.29, 0.717) is 45.1 Å². The molecule has 13 heteroatoms. The molecule has 1 aliphatic heterocycles. The van der Waals surface area contributed by atoms with E-state index in [1.54, 1.807) is 20.8 Å². The average molecular weight is 563 g/mol. The Labute approximate surface area is 234 Å². The molecule has 40 heavy (non-hydrogen) atoms. The summed E-state index contributed by atoms with van der Waals surface area (Å²) in [5.41, 5.74) is 10.7. The molecular weight excluding hydrogens is 520 g/mol. The predicted molar refractivity (Wildman–Crippen MR) is 149 cm³/mol. The molecule has 0 aliphatic carbocycles. The Balaban J connectivity index is 0.00000187. The van der Waals surface area contributed by atoms with E-state index in [9.17, 15) is 19.2 Å². The molecule has 1 fully saturated rings. The second-order valence-corrected chi connectivity index (χ2v) is 10.3. The van der Waals surface area contributed by atoms with Gasteiger partial charge in [-0.1, -0.05) is 30.3 Å². The standard InChI is InChI=1S/C25H38N6O5.C2H4O2/c1-25(2,3)36-24(35)30-19(15-17-9-5-4-6-10-17)22(34)31-14-8-12-20(31)21(33)29-18(16-32)11-7-13-28-23(26)27;1-2(3)4/h4-6,9-10,16,18-20H,7-8,11-15H2,1-3H3,(H,29,33)(H,30,35)(H4,26,27,28);1H3,(H,3,4)/t18-,19+,20-;/m0./s1. The van der Waals surface area contributed by atoms with Crippen molar-refractivity contribution in [1.82, 2.24) is 15.5 Å². The summed E-state index contributed by atoms with van der Waals surface area (Å²) in [6, 6.07) is 6.91. The third kappa shape index (κ3) is 13.6. The van der Waals surface area contributed by atoms with Crippen LogP contribution in [0.1, 0.15) is 58.9 Å². The van der Waals surface area contributed by atoms with Crippen molar-refractivity contribution in [2.75, 3.05) is 13.1 Å². The average Bonchev–Trinajstić information content (AvgIpc) is 3.34. The van der Waals surface area contributed by atoms with E-state index in [0.717, 1.165) is 12.5 Å². The van der Waals surface area contributed by atoms with Crippen LogP contribution in [0.25, 0.3) is 0 Å². The number of ether oxygens (including phenoxy) is 1. The lowest BCUT2D eigenvalue weighted by atomic mass is 10.0. The number of aliphatic carboxylic acids is 1. The number of nitrogens with one attached hydrogen (secondary N) is 2. The number of carboxylic acid groups (broad SMARTS) is 1. The number of hydrogen-bond donors (Lipinski definition) is 5. The topological polar surface area (TPSA) is 207 Å². The summed E-state index contributed by atoms with van der Waals surface area (Å²) in [6.45, 7) is 7.01. The largest absolute Gasteiger partial charge is 0.481 e. The number of nitrogens with zero attached hydrogens (tertiary/aromatic N) is 2. The molecule has 7 N–H and O–H groups in total. The van der Waals surface area contributed by atoms with Gasteiger partial charge in [0, 0.05) is 26.4 Å². The van der Waals surface area contributed by atoms with E-state index in [2.05, 4.69) is 15.6 Å². The van der Waals surface area contributed by atoms with E-state index >= 15 is 0 Å². The van der Waals surface area contributed by atoms with E-state index in [4.69, 9.17) is 26.1 Å². The fourth-order valence-corrected chi connectivity index (χ4v) is 3.98. The number of hydrogen-bond acceptors (Lipinski definition) is 7. The first kappa shape index (κ1) is 33.9. The molecule has 1 aliphatic rings. The van der Waals surface area contributed by atoms with Gasteiger partial charge in [-0.05, 0) is 52.0 Å². The number of alkyl carbamates (subject to hydrolysis) is 1. The van der Waals surface area contributed by atoms with Crippen LogP contribution in [-0.4, -0.2) is 82.9 Å². The smallest absolute Gasteiger partial charge is 0.408 e. The van der Waals surface area contributed by atoms with Gasteiger partial charge in [0.1, 0.15) is 24.0 Å². The molecule has 2 rings (SSSR count). The Morgan fingerprint density at radius 2 is 1.80 bits per heavy atom. The summed E-state index contributed by atoms with van der Waals surface area (Å²) < 4.78 is 5.36. The highest BCUT2D eigenvalue weighted by atomic mass is 16.6. The third-order valence-electron chi connectivity index (χ3n) is 5.57. The number of guanidine groups is 1. The van der Waals surface area contributed by atoms with Crippen LogP contribution in [0.4, 0.5) is 4.79 Å². The second kappa shape index (κ2) is 16.7. The first-order valence-corrected chi connectivity index (χ1v) is 13.1. The summed E-state index contributed by atoms with van der Waals surface area (Å²) in [6.07, 6.45) is 2.16. The number of likely N-dealkylation sites (tertiary alicyclic amines) is 1. The fraction of sp³-hybridized carbons (Fsp3) is 0.556. The summed E-state index contributed by atoms with van der Waals surface area (Å²) >= 11 is 0. The van der Waals surface area contributed by atoms with Gasteiger partial charge in [0.25, 0.3) is 5.97 Å². The normalized spacial score (nSPS) is 15.9. The summed E-state index contributed by atoms with van der Waals surface area (Å²) in [5.74, 6) is -1.65. The molecule has 0 bridgehead atoms. The van der Waals surface area contributed by atoms with Gasteiger partial charge in [-0.3, -0.25) is 19.4 Å². The van der Waals surface area contributed by atoms with Crippen LogP contribution in [0.5, 0.6) is 0 Å². The van der Waals surface area contributed by atoms with Crippen molar-refractivity contribution in [3.05, 3.63) is 35.9 Å². The van der Waals surface area contributed by atoms with Crippen molar-refractivity contribution >= 4 is 36.1 Å². The summed E-state index contributed by atoms with van der Waals surface area (Å²) in [4.78, 5) is 64.9. The molecule has 0 aromatic heterocycles. The molecule has 1 aromatic carbocycles. The van der Waals surface area contributed by atoms with E-state index in [1.165, 1.54) is 4.90 Å². The molecule has 1 heterocycles. The summed E-state index contributed by atoms with van der Waals surface area (Å²) in [5, 5.41) is 12.8. The minimum Gasteiger partial charge on any atom is -0.481 e. The lowest BCUT2D eigenvalue weighted by Gasteiger charge is -2.30. The molecule has 0 saturated carbocycles. The van der Waals surface area contributed by atoms with Crippen LogP contribution in [0.3, 0.4) is 0 Å². The van der Waals surface area contributed by atoms with Crippen LogP contribution >= 0.6 is 0 Å². The van der Waals surface area contributed by atoms with Crippen LogP contribution in [-0.2, 0) is 30.3 Å². The Morgan fingerprint density at radius 3 is 2.35 bits per heavy atom. The number of benzene rings is 1. The van der Waals surface area contributed by atoms with Gasteiger partial charge in [0.05, 0.1) is 6.04 Å². The molecule has 1 saturated heterocycles. The van der Waals surface area contributed by atoms with Gasteiger partial charge < -0.3 is 41.6 Å². The lowest BCUT2D eigenvalue weighted by molar-refractivity contribution is -0.140. The van der Waals surface area contributed by atoms with Gasteiger partial charge in [0.15, 0.2) is 5.96 Å². The minimum atomic E-state index is -0.919. The molecule has 222 valence electrons. The van der Waals surface area contributed by atoms with Crippen molar-refractivity contribution < 1.29 is 33.8 Å². The Kier molecular flexibility index (Phi) is 14.2. The predicted octanol–water partition coefficient (Wildman–Crippen LogP) is 0.942. The van der Waals surface area contributed by atoms with E-state index in [1.807, 2.05) is 30.3 Å². The number of carbonyl (C=O) groups is 5. The fourth-order valence-electron chi connectivity index (χ4n) is 3.98. The molecule has 3 atom stereocenters. The zero-order valence-electron chi connectivity index (χ0n) is 23.6. The Bertz CT molecular complexity index is 1020. The molecule has 0 radical (unpaired) electrons. The van der Waals surface area contributed by atoms with Gasteiger partial charge in [-0.25, -0.2) is 4.79 Å². The van der Waals surface area contributed by atoms with E-state index in [-0.39, 0.29) is 18.3 Å². The van der Waals surface area contributed by atoms with E-state index < -0.39 is 41.7 Å². The van der Waals surface area contributed by atoms with Crippen LogP contribution in [0.2, 0.25) is 0 Å². The lowest BCUT2D eigenvalue weighted by Crippen LogP contribution is -2.55. The highest BCUT2D eigenvalue weighted by molar-refractivity contribution is 5.92. The highest BCUT2D eigenvalue weighted by Gasteiger charge is 2.38.